The first-order valence-corrected chi connectivity index (χ1v) is 31.7. The van der Waals surface area contributed by atoms with Crippen LogP contribution in [0.2, 0.25) is 0 Å². The van der Waals surface area contributed by atoms with Crippen molar-refractivity contribution in [3.8, 4) is 5.75 Å². The molecule has 2 aromatic heterocycles. The van der Waals surface area contributed by atoms with E-state index in [0.29, 0.717) is 40.4 Å². The minimum atomic E-state index is -1.78. The summed E-state index contributed by atoms with van der Waals surface area (Å²) in [6.45, 7) is 2.35. The molecule has 10 amide bonds. The third-order valence-corrected chi connectivity index (χ3v) is 16.6. The van der Waals surface area contributed by atoms with E-state index < -0.39 is 127 Å². The summed E-state index contributed by atoms with van der Waals surface area (Å²) in [6, 6.07) is 13.8. The van der Waals surface area contributed by atoms with E-state index >= 15 is 9.59 Å². The van der Waals surface area contributed by atoms with Gasteiger partial charge in [-0.3, -0.25) is 62.3 Å². The summed E-state index contributed by atoms with van der Waals surface area (Å²) in [5.74, 6) is -8.66. The second-order valence-electron chi connectivity index (χ2n) is 24.4. The van der Waals surface area contributed by atoms with E-state index in [1.165, 1.54) is 46.3 Å². The normalized spacial score (nSPS) is 16.6. The minimum Gasteiger partial charge on any atom is -0.508 e. The van der Waals surface area contributed by atoms with Gasteiger partial charge in [-0.15, -0.1) is 0 Å². The first kappa shape index (κ1) is 71.1. The molecule has 0 radical (unpaired) electrons. The van der Waals surface area contributed by atoms with Crippen LogP contribution in [-0.2, 0) is 73.6 Å². The Balaban J connectivity index is 1.03. The first-order chi connectivity index (χ1) is 45.9. The standard InChI is InChI=1S/C66H83N17O13/c1-36(2)25-49(58(89)76-47(13-7-23-71-66(69)70)65(96)83-24-8-14-54(83)63(94)73-32-55(68)86)78-60(91)51(28-38-15-18-39-9-3-4-10-40(39)26-38)79-59(90)50(27-37-16-19-43(85)20-17-37)80-62(93)53(34-84)81-61(92)52(29-41-31-72-46-12-6-5-11-44(41)46)77-57(88)45(67)30-42-33-82(35-74-42)64(95)48-21-22-56(87)75-48/h3-6,9-12,15-20,26,31,33,35-36,45,47-54,72,84-85H,7-8,13-14,21-25,27-30,32,34,67H2,1-2H3,(H2,68,86)(H,73,94)(H,75,87)(H,76,89)(H,77,88)(H,78,91)(H,79,90)(H,80,93)(H,81,92)(H4,69,70,71)/t45-,47-,48-,49-,50-,51-,52-,53-,54-/m0/s1. The molecule has 2 fully saturated rings. The van der Waals surface area contributed by atoms with Crippen molar-refractivity contribution < 1.29 is 63.0 Å². The molecule has 0 spiro atoms. The highest BCUT2D eigenvalue weighted by Gasteiger charge is 2.40. The molecule has 0 saturated carbocycles. The van der Waals surface area contributed by atoms with Crippen molar-refractivity contribution in [2.45, 2.75) is 139 Å². The van der Waals surface area contributed by atoms with Gasteiger partial charge in [0.2, 0.25) is 59.1 Å². The number of primary amides is 1. The van der Waals surface area contributed by atoms with E-state index in [4.69, 9.17) is 22.9 Å². The number of imidazole rings is 1. The van der Waals surface area contributed by atoms with Gasteiger partial charge in [0.15, 0.2) is 5.96 Å². The number of carbonyl (C=O) groups is 11. The lowest BCUT2D eigenvalue weighted by molar-refractivity contribution is -0.142. The SMILES string of the molecule is CC(C)C[C@H](NC(=O)[C@H](Cc1ccc2ccccc2c1)NC(=O)[C@H](Cc1ccc(O)cc1)NC(=O)[C@H](CO)NC(=O)[C@H](Cc1c[nH]c2ccccc12)NC(=O)[C@@H](N)Cc1cn(C(=O)[C@@H]2CCC(=O)N2)cn1)C(=O)N[C@@H](CCCN=C(N)N)C(=O)N1CCC[C@H]1C(=O)NCC(N)=O. The fourth-order valence-electron chi connectivity index (χ4n) is 11.6. The summed E-state index contributed by atoms with van der Waals surface area (Å²) in [7, 11) is 0. The molecule has 6 aromatic rings. The number of H-pyrrole nitrogens is 1. The zero-order valence-electron chi connectivity index (χ0n) is 53.3. The molecule has 0 unspecified atom stereocenters. The summed E-state index contributed by atoms with van der Waals surface area (Å²) in [5, 5.41) is 44.7. The van der Waals surface area contributed by atoms with Gasteiger partial charge < -0.3 is 85.6 Å². The average molecular weight is 1320 g/mol. The highest BCUT2D eigenvalue weighted by molar-refractivity contribution is 5.99. The van der Waals surface area contributed by atoms with E-state index in [2.05, 4.69) is 57.5 Å². The molecule has 4 heterocycles. The Hall–Kier alpha value is -10.7. The van der Waals surface area contributed by atoms with Gasteiger partial charge >= 0.3 is 0 Å². The van der Waals surface area contributed by atoms with Crippen LogP contribution >= 0.6 is 0 Å². The number of aromatic nitrogens is 3. The van der Waals surface area contributed by atoms with Gasteiger partial charge in [-0.2, -0.15) is 0 Å². The fourth-order valence-corrected chi connectivity index (χ4v) is 11.6. The molecule has 30 heteroatoms. The zero-order chi connectivity index (χ0) is 69.2. The summed E-state index contributed by atoms with van der Waals surface area (Å²) < 4.78 is 1.19. The minimum absolute atomic E-state index is 0.00598. The molecular formula is C66H83N17O13. The number of para-hydroxylation sites is 1. The van der Waals surface area contributed by atoms with Crippen molar-refractivity contribution in [2.75, 3.05) is 26.2 Å². The number of aromatic amines is 1. The number of carbonyl (C=O) groups excluding carboxylic acids is 11. The monoisotopic (exact) mass is 1320 g/mol. The number of guanidine groups is 1. The molecule has 19 N–H and O–H groups in total. The molecule has 30 nitrogen and oxygen atoms in total. The van der Waals surface area contributed by atoms with Crippen molar-refractivity contribution in [3.05, 3.63) is 132 Å². The van der Waals surface area contributed by atoms with Crippen LogP contribution in [0.5, 0.6) is 5.75 Å². The Morgan fingerprint density at radius 2 is 1.30 bits per heavy atom. The van der Waals surface area contributed by atoms with Crippen LogP contribution in [0, 0.1) is 5.92 Å². The summed E-state index contributed by atoms with van der Waals surface area (Å²) in [6.07, 6.45) is 4.89. The van der Waals surface area contributed by atoms with Crippen LogP contribution in [-0.4, -0.2) is 181 Å². The number of aliphatic hydroxyl groups excluding tert-OH is 1. The predicted octanol–water partition coefficient (Wildman–Crippen LogP) is -1.67. The topological polar surface area (TPSA) is 478 Å². The van der Waals surface area contributed by atoms with Gasteiger partial charge in [-0.25, -0.2) is 4.98 Å². The van der Waals surface area contributed by atoms with Crippen LogP contribution in [0.4, 0.5) is 0 Å². The maximum atomic E-state index is 15.1. The van der Waals surface area contributed by atoms with E-state index in [-0.39, 0.29) is 100 Å². The molecule has 0 aliphatic carbocycles. The Kier molecular flexibility index (Phi) is 24.7. The maximum absolute atomic E-state index is 15.1. The first-order valence-electron chi connectivity index (χ1n) is 31.7. The molecule has 510 valence electrons. The van der Waals surface area contributed by atoms with Crippen molar-refractivity contribution in [1.82, 2.24) is 62.0 Å². The third-order valence-electron chi connectivity index (χ3n) is 16.6. The van der Waals surface area contributed by atoms with Crippen molar-refractivity contribution >= 4 is 92.6 Å². The number of rotatable bonds is 32. The van der Waals surface area contributed by atoms with Crippen molar-refractivity contribution in [1.29, 1.82) is 0 Å². The predicted molar refractivity (Wildman–Crippen MR) is 352 cm³/mol. The molecule has 8 rings (SSSR count). The van der Waals surface area contributed by atoms with E-state index in [1.807, 2.05) is 42.5 Å². The quantitative estimate of drug-likeness (QED) is 0.0128. The van der Waals surface area contributed by atoms with Crippen LogP contribution < -0.4 is 65.5 Å². The third kappa shape index (κ3) is 19.7. The maximum Gasteiger partial charge on any atom is 0.254 e. The Bertz CT molecular complexity index is 3850. The second-order valence-corrected chi connectivity index (χ2v) is 24.4. The fraction of sp³-hybridized carbons (Fsp3) is 0.409. The summed E-state index contributed by atoms with van der Waals surface area (Å²) >= 11 is 0. The van der Waals surface area contributed by atoms with E-state index in [0.717, 1.165) is 10.8 Å². The zero-order valence-corrected chi connectivity index (χ0v) is 53.3. The van der Waals surface area contributed by atoms with Gasteiger partial charge in [-0.1, -0.05) is 86.6 Å². The molecular weight excluding hydrogens is 1240 g/mol. The number of nitrogens with zero attached hydrogens (tertiary/aromatic N) is 4. The number of nitrogens with one attached hydrogen (secondary N) is 9. The number of aromatic hydroxyl groups is 1. The van der Waals surface area contributed by atoms with Crippen LogP contribution in [0.3, 0.4) is 0 Å². The number of hydrogen-bond acceptors (Lipinski definition) is 16. The lowest BCUT2D eigenvalue weighted by Crippen LogP contribution is -2.61. The molecule has 2 aliphatic heterocycles. The number of aliphatic imine (C=N–C) groups is 1. The lowest BCUT2D eigenvalue weighted by atomic mass is 9.98. The van der Waals surface area contributed by atoms with Crippen molar-refractivity contribution in [3.63, 3.8) is 0 Å². The molecule has 4 aromatic carbocycles. The number of fused-ring (bicyclic) bond motifs is 2. The van der Waals surface area contributed by atoms with Crippen LogP contribution in [0.1, 0.15) is 86.0 Å². The Morgan fingerprint density at radius 1 is 0.698 bits per heavy atom. The van der Waals surface area contributed by atoms with Gasteiger partial charge in [0.1, 0.15) is 60.4 Å². The van der Waals surface area contributed by atoms with Crippen LogP contribution in [0.15, 0.2) is 115 Å². The summed E-state index contributed by atoms with van der Waals surface area (Å²) in [5.41, 5.74) is 25.4. The molecule has 9 atom stereocenters. The smallest absolute Gasteiger partial charge is 0.254 e. The number of phenolic OH excluding ortho intramolecular Hbond substituents is 1. The van der Waals surface area contributed by atoms with Gasteiger partial charge in [-0.05, 0) is 90.1 Å². The summed E-state index contributed by atoms with van der Waals surface area (Å²) in [4.78, 5) is 165. The second kappa shape index (κ2) is 33.4. The molecule has 0 bridgehead atoms. The van der Waals surface area contributed by atoms with E-state index in [9.17, 15) is 53.4 Å². The van der Waals surface area contributed by atoms with Crippen LogP contribution in [0.25, 0.3) is 21.7 Å². The number of amides is 10. The number of benzene rings is 4. The largest absolute Gasteiger partial charge is 0.508 e. The lowest BCUT2D eigenvalue weighted by Gasteiger charge is -2.30. The van der Waals surface area contributed by atoms with E-state index in [1.54, 1.807) is 44.3 Å². The Morgan fingerprint density at radius 3 is 1.97 bits per heavy atom. The van der Waals surface area contributed by atoms with Gasteiger partial charge in [0.25, 0.3) is 5.91 Å². The molecule has 96 heavy (non-hydrogen) atoms. The molecule has 2 saturated heterocycles. The van der Waals surface area contributed by atoms with Gasteiger partial charge in [0.05, 0.1) is 24.9 Å². The van der Waals surface area contributed by atoms with Gasteiger partial charge in [0, 0.05) is 68.5 Å². The Labute approximate surface area is 552 Å². The highest BCUT2D eigenvalue weighted by atomic mass is 16.3. The van der Waals surface area contributed by atoms with Crippen molar-refractivity contribution in [2.24, 2.45) is 33.8 Å². The number of aliphatic hydroxyl groups is 1. The number of nitrogens with two attached hydrogens (primary N) is 4. The number of phenols is 1. The highest BCUT2D eigenvalue weighted by Crippen LogP contribution is 2.23. The number of likely N-dealkylation sites (tertiary alicyclic amines) is 1. The molecule has 2 aliphatic rings. The average Bonchev–Trinajstić information content (AvgIpc) is 1.41. The number of hydrogen-bond donors (Lipinski definition) is 15.